The van der Waals surface area contributed by atoms with Gasteiger partial charge in [-0.1, -0.05) is 11.6 Å². The van der Waals surface area contributed by atoms with Gasteiger partial charge in [-0.05, 0) is 18.2 Å². The Kier molecular flexibility index (Phi) is 3.15. The molecule has 0 atom stereocenters. The lowest BCUT2D eigenvalue weighted by atomic mass is 10.3. The molecule has 6 nitrogen and oxygen atoms in total. The van der Waals surface area contributed by atoms with Gasteiger partial charge in [-0.2, -0.15) is 0 Å². The van der Waals surface area contributed by atoms with E-state index in [1.807, 2.05) is 0 Å². The van der Waals surface area contributed by atoms with Crippen LogP contribution in [0.2, 0.25) is 5.02 Å². The summed E-state index contributed by atoms with van der Waals surface area (Å²) in [4.78, 5) is 17.9. The first-order valence-electron chi connectivity index (χ1n) is 4.64. The van der Waals surface area contributed by atoms with Gasteiger partial charge in [0.25, 0.3) is 5.69 Å². The van der Waals surface area contributed by atoms with Crippen molar-refractivity contribution >= 4 is 28.8 Å². The SMILES string of the molecule is O=[N+]([O-])c1cc(Nc2ccncn2)ccc1Cl. The fourth-order valence-corrected chi connectivity index (χ4v) is 1.43. The third-order valence-electron chi connectivity index (χ3n) is 2.00. The van der Waals surface area contributed by atoms with E-state index in [9.17, 15) is 10.1 Å². The lowest BCUT2D eigenvalue weighted by Crippen LogP contribution is -1.95. The van der Waals surface area contributed by atoms with Crippen molar-refractivity contribution in [2.45, 2.75) is 0 Å². The van der Waals surface area contributed by atoms with Gasteiger partial charge in [0.05, 0.1) is 4.92 Å². The highest BCUT2D eigenvalue weighted by Crippen LogP contribution is 2.28. The highest BCUT2D eigenvalue weighted by atomic mass is 35.5. The molecule has 2 rings (SSSR count). The van der Waals surface area contributed by atoms with Gasteiger partial charge in [0.1, 0.15) is 17.2 Å². The van der Waals surface area contributed by atoms with E-state index in [2.05, 4.69) is 15.3 Å². The molecule has 0 amide bonds. The second kappa shape index (κ2) is 4.75. The van der Waals surface area contributed by atoms with Crippen LogP contribution in [0.15, 0.2) is 36.8 Å². The minimum absolute atomic E-state index is 0.100. The summed E-state index contributed by atoms with van der Waals surface area (Å²) in [6, 6.07) is 6.10. The van der Waals surface area contributed by atoms with E-state index >= 15 is 0 Å². The van der Waals surface area contributed by atoms with Crippen LogP contribution in [0.5, 0.6) is 0 Å². The van der Waals surface area contributed by atoms with Gasteiger partial charge in [0.2, 0.25) is 0 Å². The minimum Gasteiger partial charge on any atom is -0.340 e. The van der Waals surface area contributed by atoms with Crippen LogP contribution >= 0.6 is 11.6 Å². The average molecular weight is 251 g/mol. The van der Waals surface area contributed by atoms with Crippen LogP contribution in [0.4, 0.5) is 17.2 Å². The number of nitro groups is 1. The molecule has 0 aliphatic carbocycles. The van der Waals surface area contributed by atoms with Crippen molar-refractivity contribution in [2.75, 3.05) is 5.32 Å². The molecule has 1 heterocycles. The predicted molar refractivity (Wildman–Crippen MR) is 63.4 cm³/mol. The van der Waals surface area contributed by atoms with E-state index in [0.29, 0.717) is 11.5 Å². The number of hydrogen-bond acceptors (Lipinski definition) is 5. The normalized spacial score (nSPS) is 9.94. The van der Waals surface area contributed by atoms with E-state index in [-0.39, 0.29) is 10.7 Å². The summed E-state index contributed by atoms with van der Waals surface area (Å²) in [6.07, 6.45) is 2.95. The molecule has 0 saturated heterocycles. The number of rotatable bonds is 3. The number of aromatic nitrogens is 2. The van der Waals surface area contributed by atoms with Crippen molar-refractivity contribution in [3.8, 4) is 0 Å². The van der Waals surface area contributed by atoms with Crippen LogP contribution in [-0.2, 0) is 0 Å². The van der Waals surface area contributed by atoms with Crippen LogP contribution in [0, 0.1) is 10.1 Å². The van der Waals surface area contributed by atoms with Gasteiger partial charge in [-0.25, -0.2) is 9.97 Å². The number of nitrogens with zero attached hydrogens (tertiary/aromatic N) is 3. The Hall–Kier alpha value is -2.21. The van der Waals surface area contributed by atoms with Crippen LogP contribution in [0.3, 0.4) is 0 Å². The Morgan fingerprint density at radius 3 is 2.82 bits per heavy atom. The highest BCUT2D eigenvalue weighted by Gasteiger charge is 2.12. The summed E-state index contributed by atoms with van der Waals surface area (Å²) in [7, 11) is 0. The third kappa shape index (κ3) is 2.67. The minimum atomic E-state index is -0.534. The van der Waals surface area contributed by atoms with Gasteiger partial charge in [0, 0.05) is 18.0 Å². The van der Waals surface area contributed by atoms with Crippen LogP contribution < -0.4 is 5.32 Å². The van der Waals surface area contributed by atoms with Crippen molar-refractivity contribution in [1.29, 1.82) is 0 Å². The molecule has 1 aromatic carbocycles. The number of nitrogens with one attached hydrogen (secondary N) is 1. The van der Waals surface area contributed by atoms with Crippen LogP contribution in [0.25, 0.3) is 0 Å². The molecule has 7 heteroatoms. The first-order valence-corrected chi connectivity index (χ1v) is 5.01. The Morgan fingerprint density at radius 2 is 2.18 bits per heavy atom. The maximum Gasteiger partial charge on any atom is 0.289 e. The number of halogens is 1. The van der Waals surface area contributed by atoms with Crippen LogP contribution in [-0.4, -0.2) is 14.9 Å². The maximum absolute atomic E-state index is 10.7. The zero-order chi connectivity index (χ0) is 12.3. The quantitative estimate of drug-likeness (QED) is 0.669. The highest BCUT2D eigenvalue weighted by molar-refractivity contribution is 6.32. The Balaban J connectivity index is 2.29. The molecule has 0 saturated carbocycles. The standard InChI is InChI=1S/C10H7ClN4O2/c11-8-2-1-7(5-9(8)15(16)17)14-10-3-4-12-6-13-10/h1-6H,(H,12,13,14). The third-order valence-corrected chi connectivity index (χ3v) is 2.32. The van der Waals surface area contributed by atoms with Gasteiger partial charge < -0.3 is 5.32 Å². The predicted octanol–water partition coefficient (Wildman–Crippen LogP) is 2.78. The number of hydrogen-bond donors (Lipinski definition) is 1. The molecule has 0 spiro atoms. The van der Waals surface area contributed by atoms with Crippen molar-refractivity contribution in [1.82, 2.24) is 9.97 Å². The lowest BCUT2D eigenvalue weighted by Gasteiger charge is -2.04. The molecule has 0 fully saturated rings. The maximum atomic E-state index is 10.7. The summed E-state index contributed by atoms with van der Waals surface area (Å²) in [5.41, 5.74) is 0.394. The molecule has 0 unspecified atom stereocenters. The molecule has 17 heavy (non-hydrogen) atoms. The topological polar surface area (TPSA) is 81.0 Å². The first kappa shape index (κ1) is 11.3. The fourth-order valence-electron chi connectivity index (χ4n) is 1.24. The molecule has 0 bridgehead atoms. The molecule has 0 aliphatic rings. The summed E-state index contributed by atoms with van der Waals surface area (Å²) in [5.74, 6) is 0.552. The van der Waals surface area contributed by atoms with Gasteiger partial charge in [-0.15, -0.1) is 0 Å². The Morgan fingerprint density at radius 1 is 1.35 bits per heavy atom. The average Bonchev–Trinajstić information content (AvgIpc) is 2.32. The molecular weight excluding hydrogens is 244 g/mol. The second-order valence-electron chi connectivity index (χ2n) is 3.14. The van der Waals surface area contributed by atoms with Crippen molar-refractivity contribution in [3.63, 3.8) is 0 Å². The van der Waals surface area contributed by atoms with Crippen molar-refractivity contribution in [3.05, 3.63) is 51.9 Å². The van der Waals surface area contributed by atoms with Crippen molar-refractivity contribution < 1.29 is 4.92 Å². The molecular formula is C10H7ClN4O2. The Labute approximate surface area is 101 Å². The van der Waals surface area contributed by atoms with Gasteiger partial charge in [-0.3, -0.25) is 10.1 Å². The largest absolute Gasteiger partial charge is 0.340 e. The molecule has 0 radical (unpaired) electrons. The zero-order valence-electron chi connectivity index (χ0n) is 8.50. The molecule has 1 aromatic heterocycles. The second-order valence-corrected chi connectivity index (χ2v) is 3.55. The van der Waals surface area contributed by atoms with Gasteiger partial charge in [0.15, 0.2) is 0 Å². The number of anilines is 2. The summed E-state index contributed by atoms with van der Waals surface area (Å²) in [6.45, 7) is 0. The van der Waals surface area contributed by atoms with Gasteiger partial charge >= 0.3 is 0 Å². The molecule has 0 aliphatic heterocycles. The smallest absolute Gasteiger partial charge is 0.289 e. The number of benzene rings is 1. The van der Waals surface area contributed by atoms with E-state index in [4.69, 9.17) is 11.6 Å². The summed E-state index contributed by atoms with van der Waals surface area (Å²) in [5, 5.41) is 13.7. The van der Waals surface area contributed by atoms with Crippen molar-refractivity contribution in [2.24, 2.45) is 0 Å². The van der Waals surface area contributed by atoms with E-state index < -0.39 is 4.92 Å². The monoisotopic (exact) mass is 250 g/mol. The van der Waals surface area contributed by atoms with E-state index in [1.165, 1.54) is 18.5 Å². The lowest BCUT2D eigenvalue weighted by molar-refractivity contribution is -0.384. The summed E-state index contributed by atoms with van der Waals surface area (Å²) < 4.78 is 0. The molecule has 2 aromatic rings. The van der Waals surface area contributed by atoms with Crippen LogP contribution in [0.1, 0.15) is 0 Å². The zero-order valence-corrected chi connectivity index (χ0v) is 9.26. The first-order chi connectivity index (χ1) is 8.16. The Bertz CT molecular complexity index is 547. The fraction of sp³-hybridized carbons (Fsp3) is 0. The van der Waals surface area contributed by atoms with E-state index in [0.717, 1.165) is 0 Å². The molecule has 86 valence electrons. The van der Waals surface area contributed by atoms with E-state index in [1.54, 1.807) is 18.3 Å². The number of nitro benzene ring substituents is 1. The molecule has 1 N–H and O–H groups in total. The summed E-state index contributed by atoms with van der Waals surface area (Å²) >= 11 is 5.70.